The predicted molar refractivity (Wildman–Crippen MR) is 83.6 cm³/mol. The fourth-order valence-electron chi connectivity index (χ4n) is 2.21. The van der Waals surface area contributed by atoms with E-state index in [1.807, 2.05) is 35.7 Å². The van der Waals surface area contributed by atoms with E-state index in [1.165, 1.54) is 0 Å². The average Bonchev–Trinajstić information content (AvgIpc) is 2.94. The van der Waals surface area contributed by atoms with Gasteiger partial charge < -0.3 is 4.57 Å². The molecule has 2 heterocycles. The molecule has 2 aromatic heterocycles. The molecule has 20 heavy (non-hydrogen) atoms. The second-order valence-corrected chi connectivity index (χ2v) is 5.71. The molecule has 0 aliphatic heterocycles. The zero-order valence-corrected chi connectivity index (χ0v) is 12.3. The van der Waals surface area contributed by atoms with Crippen LogP contribution in [0.3, 0.4) is 0 Å². The number of aromatic nitrogens is 2. The summed E-state index contributed by atoms with van der Waals surface area (Å²) in [5.41, 5.74) is 1.89. The first-order chi connectivity index (χ1) is 9.78. The summed E-state index contributed by atoms with van der Waals surface area (Å²) in [6.45, 7) is 0.634. The Morgan fingerprint density at radius 2 is 2.05 bits per heavy atom. The summed E-state index contributed by atoms with van der Waals surface area (Å²) in [7, 11) is 0. The maximum Gasteiger partial charge on any atom is 0.251 e. The quantitative estimate of drug-likeness (QED) is 0.692. The minimum atomic E-state index is 0.0258. The van der Waals surface area contributed by atoms with E-state index in [0.717, 1.165) is 28.0 Å². The number of thiazole rings is 1. The fraction of sp³-hybridized carbons (Fsp3) is 0.200. The second-order valence-electron chi connectivity index (χ2n) is 4.50. The molecule has 1 aromatic carbocycles. The highest BCUT2D eigenvalue weighted by molar-refractivity contribution is 7.09. The SMILES string of the molecule is O=c1ccc2ccccc2n1CCc1nc(CCl)cs1. The Labute approximate surface area is 125 Å². The van der Waals surface area contributed by atoms with Crippen molar-refractivity contribution in [2.75, 3.05) is 0 Å². The Balaban J connectivity index is 1.90. The van der Waals surface area contributed by atoms with Gasteiger partial charge in [-0.25, -0.2) is 4.98 Å². The normalized spacial score (nSPS) is 11.1. The minimum Gasteiger partial charge on any atom is -0.308 e. The van der Waals surface area contributed by atoms with Crippen molar-refractivity contribution in [2.24, 2.45) is 0 Å². The van der Waals surface area contributed by atoms with Gasteiger partial charge in [-0.3, -0.25) is 4.79 Å². The molecular weight excluding hydrogens is 292 g/mol. The highest BCUT2D eigenvalue weighted by atomic mass is 35.5. The summed E-state index contributed by atoms with van der Waals surface area (Å²) >= 11 is 7.34. The third-order valence-electron chi connectivity index (χ3n) is 3.18. The van der Waals surface area contributed by atoms with E-state index < -0.39 is 0 Å². The van der Waals surface area contributed by atoms with Gasteiger partial charge in [0.25, 0.3) is 5.56 Å². The fourth-order valence-corrected chi connectivity index (χ4v) is 3.22. The van der Waals surface area contributed by atoms with Crippen molar-refractivity contribution < 1.29 is 0 Å². The number of alkyl halides is 1. The molecule has 3 nitrogen and oxygen atoms in total. The monoisotopic (exact) mass is 304 g/mol. The third-order valence-corrected chi connectivity index (χ3v) is 4.42. The van der Waals surface area contributed by atoms with E-state index in [0.29, 0.717) is 12.4 Å². The van der Waals surface area contributed by atoms with E-state index in [9.17, 15) is 4.79 Å². The van der Waals surface area contributed by atoms with Crippen molar-refractivity contribution in [3.8, 4) is 0 Å². The minimum absolute atomic E-state index is 0.0258. The van der Waals surface area contributed by atoms with Gasteiger partial charge in [0.1, 0.15) is 0 Å². The van der Waals surface area contributed by atoms with E-state index in [-0.39, 0.29) is 5.56 Å². The number of hydrogen-bond acceptors (Lipinski definition) is 3. The van der Waals surface area contributed by atoms with Gasteiger partial charge >= 0.3 is 0 Å². The molecule has 3 aromatic rings. The number of benzene rings is 1. The second kappa shape index (κ2) is 5.77. The van der Waals surface area contributed by atoms with Crippen LogP contribution in [0.4, 0.5) is 0 Å². The third kappa shape index (κ3) is 2.62. The lowest BCUT2D eigenvalue weighted by Crippen LogP contribution is -2.20. The first-order valence-electron chi connectivity index (χ1n) is 6.36. The Morgan fingerprint density at radius 3 is 2.85 bits per heavy atom. The van der Waals surface area contributed by atoms with E-state index >= 15 is 0 Å². The highest BCUT2D eigenvalue weighted by Crippen LogP contribution is 2.15. The Kier molecular flexibility index (Phi) is 3.85. The van der Waals surface area contributed by atoms with Crippen LogP contribution in [0.15, 0.2) is 46.6 Å². The number of rotatable bonds is 4. The number of fused-ring (bicyclic) bond motifs is 1. The van der Waals surface area contributed by atoms with Crippen molar-refractivity contribution in [3.05, 3.63) is 62.8 Å². The molecule has 5 heteroatoms. The number of nitrogens with zero attached hydrogens (tertiary/aromatic N) is 2. The Bertz CT molecular complexity index is 794. The van der Waals surface area contributed by atoms with Crippen molar-refractivity contribution in [1.29, 1.82) is 0 Å². The smallest absolute Gasteiger partial charge is 0.251 e. The molecule has 0 fully saturated rings. The van der Waals surface area contributed by atoms with Crippen molar-refractivity contribution >= 4 is 33.8 Å². The van der Waals surface area contributed by atoms with E-state index in [2.05, 4.69) is 4.98 Å². The molecule has 0 amide bonds. The van der Waals surface area contributed by atoms with Crippen molar-refractivity contribution in [1.82, 2.24) is 9.55 Å². The lowest BCUT2D eigenvalue weighted by atomic mass is 10.2. The number of aryl methyl sites for hydroxylation is 2. The average molecular weight is 305 g/mol. The highest BCUT2D eigenvalue weighted by Gasteiger charge is 2.05. The molecule has 0 saturated heterocycles. The summed E-state index contributed by atoms with van der Waals surface area (Å²) in [6.07, 6.45) is 0.746. The molecule has 0 radical (unpaired) electrons. The summed E-state index contributed by atoms with van der Waals surface area (Å²) in [4.78, 5) is 16.5. The first-order valence-corrected chi connectivity index (χ1v) is 7.77. The molecule has 0 bridgehead atoms. The standard InChI is InChI=1S/C15H13ClN2OS/c16-9-12-10-20-14(17-12)7-8-18-13-4-2-1-3-11(13)5-6-15(18)19/h1-6,10H,7-9H2. The van der Waals surface area contributed by atoms with Crippen LogP contribution < -0.4 is 5.56 Å². The molecule has 0 spiro atoms. The van der Waals surface area contributed by atoms with E-state index in [4.69, 9.17) is 11.6 Å². The zero-order chi connectivity index (χ0) is 13.9. The molecule has 0 saturated carbocycles. The lowest BCUT2D eigenvalue weighted by Gasteiger charge is -2.08. The molecular formula is C15H13ClN2OS. The van der Waals surface area contributed by atoms with Gasteiger partial charge in [0.2, 0.25) is 0 Å². The zero-order valence-electron chi connectivity index (χ0n) is 10.8. The molecule has 0 N–H and O–H groups in total. The van der Waals surface area contributed by atoms with Gasteiger partial charge in [-0.05, 0) is 17.5 Å². The van der Waals surface area contributed by atoms with Gasteiger partial charge in [-0.15, -0.1) is 22.9 Å². The number of para-hydroxylation sites is 1. The number of pyridine rings is 1. The summed E-state index contributed by atoms with van der Waals surface area (Å²) < 4.78 is 1.80. The van der Waals surface area contributed by atoms with Gasteiger partial charge in [0.15, 0.2) is 0 Å². The molecule has 102 valence electrons. The van der Waals surface area contributed by atoms with Crippen LogP contribution in [0.25, 0.3) is 10.9 Å². The molecule has 0 unspecified atom stereocenters. The Morgan fingerprint density at radius 1 is 1.20 bits per heavy atom. The largest absolute Gasteiger partial charge is 0.308 e. The van der Waals surface area contributed by atoms with Crippen LogP contribution in [-0.4, -0.2) is 9.55 Å². The lowest BCUT2D eigenvalue weighted by molar-refractivity contribution is 0.692. The maximum absolute atomic E-state index is 12.0. The van der Waals surface area contributed by atoms with E-state index in [1.54, 1.807) is 22.0 Å². The predicted octanol–water partition coefficient (Wildman–Crippen LogP) is 3.44. The van der Waals surface area contributed by atoms with Crippen molar-refractivity contribution in [2.45, 2.75) is 18.8 Å². The molecule has 0 aliphatic carbocycles. The summed E-state index contributed by atoms with van der Waals surface area (Å²) in [5, 5.41) is 4.06. The number of halogens is 1. The van der Waals surface area contributed by atoms with Crippen LogP contribution in [0.1, 0.15) is 10.7 Å². The van der Waals surface area contributed by atoms with Gasteiger partial charge in [-0.2, -0.15) is 0 Å². The Hall–Kier alpha value is -1.65. The summed E-state index contributed by atoms with van der Waals surface area (Å²) in [6, 6.07) is 11.4. The molecule has 0 aliphatic rings. The molecule has 0 atom stereocenters. The van der Waals surface area contributed by atoms with Crippen LogP contribution in [0.5, 0.6) is 0 Å². The van der Waals surface area contributed by atoms with Crippen LogP contribution in [0.2, 0.25) is 0 Å². The van der Waals surface area contributed by atoms with Crippen molar-refractivity contribution in [3.63, 3.8) is 0 Å². The van der Waals surface area contributed by atoms with Crippen LogP contribution in [0, 0.1) is 0 Å². The maximum atomic E-state index is 12.0. The molecule has 3 rings (SSSR count). The van der Waals surface area contributed by atoms with Gasteiger partial charge in [0, 0.05) is 24.4 Å². The van der Waals surface area contributed by atoms with Gasteiger partial charge in [-0.1, -0.05) is 18.2 Å². The van der Waals surface area contributed by atoms with Gasteiger partial charge in [0.05, 0.1) is 22.1 Å². The van der Waals surface area contributed by atoms with Crippen LogP contribution >= 0.6 is 22.9 Å². The van der Waals surface area contributed by atoms with Crippen LogP contribution in [-0.2, 0) is 18.8 Å². The topological polar surface area (TPSA) is 34.9 Å². The number of hydrogen-bond donors (Lipinski definition) is 0. The first kappa shape index (κ1) is 13.3. The summed E-state index contributed by atoms with van der Waals surface area (Å²) in [5.74, 6) is 0.435.